The van der Waals surface area contributed by atoms with Crippen molar-refractivity contribution in [2.75, 3.05) is 5.32 Å². The highest BCUT2D eigenvalue weighted by Crippen LogP contribution is 2.43. The fourth-order valence-electron chi connectivity index (χ4n) is 3.33. The maximum absolute atomic E-state index is 14.1. The van der Waals surface area contributed by atoms with Crippen LogP contribution < -0.4 is 5.32 Å². The molecule has 3 heterocycles. The van der Waals surface area contributed by atoms with Crippen molar-refractivity contribution in [2.45, 2.75) is 12.4 Å². The SMILES string of the molecule is Cn1nc(-c2cccc3cccnc23)c(C(F)(F)F)c1NC(=O)c1ccnc(C(F)(F)F)c1. The Morgan fingerprint density at radius 2 is 1.67 bits per heavy atom. The number of hydrogen-bond donors (Lipinski definition) is 1. The van der Waals surface area contributed by atoms with Gasteiger partial charge in [-0.2, -0.15) is 31.4 Å². The Labute approximate surface area is 181 Å². The number of alkyl halides is 6. The van der Waals surface area contributed by atoms with Gasteiger partial charge >= 0.3 is 12.4 Å². The lowest BCUT2D eigenvalue weighted by molar-refractivity contribution is -0.141. The molecule has 0 bridgehead atoms. The molecule has 0 radical (unpaired) electrons. The van der Waals surface area contributed by atoms with Crippen LogP contribution in [0.5, 0.6) is 0 Å². The van der Waals surface area contributed by atoms with Gasteiger partial charge in [0, 0.05) is 36.0 Å². The number of nitrogens with zero attached hydrogens (tertiary/aromatic N) is 4. The molecule has 0 aliphatic carbocycles. The van der Waals surface area contributed by atoms with Gasteiger partial charge in [0.05, 0.1) is 5.52 Å². The smallest absolute Gasteiger partial charge is 0.306 e. The van der Waals surface area contributed by atoms with Crippen LogP contribution in [0.1, 0.15) is 21.6 Å². The molecule has 3 aromatic heterocycles. The van der Waals surface area contributed by atoms with Gasteiger partial charge in [0.25, 0.3) is 5.91 Å². The molecule has 0 unspecified atom stereocenters. The number of fused-ring (bicyclic) bond motifs is 1. The van der Waals surface area contributed by atoms with Gasteiger partial charge in [-0.15, -0.1) is 0 Å². The van der Waals surface area contributed by atoms with E-state index in [9.17, 15) is 31.1 Å². The third-order valence-electron chi connectivity index (χ3n) is 4.76. The maximum Gasteiger partial charge on any atom is 0.433 e. The first-order valence-corrected chi connectivity index (χ1v) is 9.29. The maximum atomic E-state index is 14.1. The Kier molecular flexibility index (Phi) is 5.30. The van der Waals surface area contributed by atoms with E-state index in [1.165, 1.54) is 19.3 Å². The second kappa shape index (κ2) is 7.87. The van der Waals surface area contributed by atoms with Crippen molar-refractivity contribution in [3.8, 4) is 11.3 Å². The Hall–Kier alpha value is -3.96. The zero-order valence-corrected chi connectivity index (χ0v) is 16.7. The predicted octanol–water partition coefficient (Wildman–Crippen LogP) is 5.32. The number of carbonyl (C=O) groups excluding carboxylic acids is 1. The number of carbonyl (C=O) groups is 1. The Morgan fingerprint density at radius 3 is 2.36 bits per heavy atom. The molecule has 170 valence electrons. The summed E-state index contributed by atoms with van der Waals surface area (Å²) in [6, 6.07) is 9.35. The van der Waals surface area contributed by atoms with E-state index in [1.807, 2.05) is 5.32 Å². The predicted molar refractivity (Wildman–Crippen MR) is 106 cm³/mol. The second-order valence-electron chi connectivity index (χ2n) is 6.96. The molecule has 0 fully saturated rings. The molecule has 0 aliphatic rings. The Morgan fingerprint density at radius 1 is 0.939 bits per heavy atom. The monoisotopic (exact) mass is 465 g/mol. The lowest BCUT2D eigenvalue weighted by Gasteiger charge is -2.13. The average Bonchev–Trinajstić information content (AvgIpc) is 3.09. The van der Waals surface area contributed by atoms with Crippen LogP contribution in [0.25, 0.3) is 22.2 Å². The fourth-order valence-corrected chi connectivity index (χ4v) is 3.33. The van der Waals surface area contributed by atoms with E-state index in [0.717, 1.165) is 16.9 Å². The van der Waals surface area contributed by atoms with Crippen LogP contribution in [0.2, 0.25) is 0 Å². The van der Waals surface area contributed by atoms with Crippen LogP contribution in [0, 0.1) is 0 Å². The summed E-state index contributed by atoms with van der Waals surface area (Å²) in [5.74, 6) is -1.90. The zero-order valence-electron chi connectivity index (χ0n) is 16.7. The number of anilines is 1. The number of aromatic nitrogens is 4. The summed E-state index contributed by atoms with van der Waals surface area (Å²) in [6.45, 7) is 0. The molecular weight excluding hydrogens is 452 g/mol. The van der Waals surface area contributed by atoms with E-state index < -0.39 is 46.6 Å². The molecule has 6 nitrogen and oxygen atoms in total. The van der Waals surface area contributed by atoms with Crippen LogP contribution in [-0.2, 0) is 19.4 Å². The molecule has 4 rings (SSSR count). The topological polar surface area (TPSA) is 72.7 Å². The first-order chi connectivity index (χ1) is 15.5. The van der Waals surface area contributed by atoms with Crippen molar-refractivity contribution in [2.24, 2.45) is 7.05 Å². The highest BCUT2D eigenvalue weighted by atomic mass is 19.4. The molecular formula is C21H13F6N5O. The Bertz CT molecular complexity index is 1350. The quantitative estimate of drug-likeness (QED) is 0.416. The minimum absolute atomic E-state index is 0.0831. The van der Waals surface area contributed by atoms with Crippen molar-refractivity contribution in [3.05, 3.63) is 71.7 Å². The third kappa shape index (κ3) is 4.23. The number of amides is 1. The molecule has 0 saturated carbocycles. The van der Waals surface area contributed by atoms with E-state index >= 15 is 0 Å². The molecule has 0 spiro atoms. The number of halogens is 6. The van der Waals surface area contributed by atoms with Crippen molar-refractivity contribution in [1.82, 2.24) is 19.7 Å². The van der Waals surface area contributed by atoms with Crippen molar-refractivity contribution in [1.29, 1.82) is 0 Å². The molecule has 33 heavy (non-hydrogen) atoms. The van der Waals surface area contributed by atoms with E-state index in [1.54, 1.807) is 24.3 Å². The van der Waals surface area contributed by atoms with Gasteiger partial charge in [-0.25, -0.2) is 0 Å². The van der Waals surface area contributed by atoms with Crippen LogP contribution in [-0.4, -0.2) is 25.7 Å². The standard InChI is InChI=1S/C21H13F6N5O/c1-32-18(30-19(33)12-7-9-28-14(10-12)20(22,23)24)15(21(25,26)27)17(31-32)13-6-2-4-11-5-3-8-29-16(11)13/h2-10H,1H3,(H,30,33). The molecule has 0 aliphatic heterocycles. The highest BCUT2D eigenvalue weighted by molar-refractivity contribution is 6.05. The van der Waals surface area contributed by atoms with Gasteiger partial charge < -0.3 is 5.32 Å². The number of pyridine rings is 2. The number of hydrogen-bond acceptors (Lipinski definition) is 4. The molecule has 0 atom stereocenters. The number of rotatable bonds is 3. The van der Waals surface area contributed by atoms with E-state index in [2.05, 4.69) is 15.1 Å². The summed E-state index contributed by atoms with van der Waals surface area (Å²) in [4.78, 5) is 19.8. The fraction of sp³-hybridized carbons (Fsp3) is 0.143. The summed E-state index contributed by atoms with van der Waals surface area (Å²) in [6.07, 6.45) is -7.60. The molecule has 4 aromatic rings. The van der Waals surface area contributed by atoms with E-state index in [-0.39, 0.29) is 11.1 Å². The van der Waals surface area contributed by atoms with E-state index in [4.69, 9.17) is 0 Å². The molecule has 1 N–H and O–H groups in total. The summed E-state index contributed by atoms with van der Waals surface area (Å²) in [5, 5.41) is 6.57. The highest BCUT2D eigenvalue weighted by Gasteiger charge is 2.41. The number of para-hydroxylation sites is 1. The van der Waals surface area contributed by atoms with Crippen LogP contribution in [0.15, 0.2) is 54.9 Å². The molecule has 1 aromatic carbocycles. The van der Waals surface area contributed by atoms with Gasteiger partial charge in [-0.05, 0) is 18.2 Å². The number of benzene rings is 1. The first-order valence-electron chi connectivity index (χ1n) is 9.29. The number of aryl methyl sites for hydroxylation is 1. The summed E-state index contributed by atoms with van der Waals surface area (Å²) >= 11 is 0. The minimum Gasteiger partial charge on any atom is -0.306 e. The minimum atomic E-state index is -4.95. The van der Waals surface area contributed by atoms with Crippen molar-refractivity contribution in [3.63, 3.8) is 0 Å². The molecule has 12 heteroatoms. The van der Waals surface area contributed by atoms with Crippen molar-refractivity contribution < 1.29 is 31.1 Å². The van der Waals surface area contributed by atoms with Crippen molar-refractivity contribution >= 4 is 22.6 Å². The van der Waals surface area contributed by atoms with Crippen LogP contribution >= 0.6 is 0 Å². The third-order valence-corrected chi connectivity index (χ3v) is 4.76. The van der Waals surface area contributed by atoms with Gasteiger partial charge in [0.1, 0.15) is 22.8 Å². The summed E-state index contributed by atoms with van der Waals surface area (Å²) in [5.41, 5.74) is -3.24. The average molecular weight is 465 g/mol. The normalized spacial score (nSPS) is 12.2. The van der Waals surface area contributed by atoms with Gasteiger partial charge in [0.15, 0.2) is 0 Å². The first kappa shape index (κ1) is 22.2. The van der Waals surface area contributed by atoms with Gasteiger partial charge in [-0.3, -0.25) is 19.4 Å². The van der Waals surface area contributed by atoms with Gasteiger partial charge in [0.2, 0.25) is 0 Å². The van der Waals surface area contributed by atoms with E-state index in [0.29, 0.717) is 11.5 Å². The van der Waals surface area contributed by atoms with Crippen LogP contribution in [0.3, 0.4) is 0 Å². The summed E-state index contributed by atoms with van der Waals surface area (Å²) < 4.78 is 81.8. The molecule has 1 amide bonds. The van der Waals surface area contributed by atoms with Gasteiger partial charge in [-0.1, -0.05) is 24.3 Å². The summed E-state index contributed by atoms with van der Waals surface area (Å²) in [7, 11) is 1.18. The largest absolute Gasteiger partial charge is 0.433 e. The lowest BCUT2D eigenvalue weighted by Crippen LogP contribution is -2.19. The van der Waals surface area contributed by atoms with Crippen LogP contribution in [0.4, 0.5) is 32.2 Å². The Balaban J connectivity index is 1.82. The zero-order chi connectivity index (χ0) is 24.0. The second-order valence-corrected chi connectivity index (χ2v) is 6.96. The number of nitrogens with one attached hydrogen (secondary N) is 1. The lowest BCUT2D eigenvalue weighted by atomic mass is 10.0. The molecule has 0 saturated heterocycles.